The molecule has 0 saturated carbocycles. The van der Waals surface area contributed by atoms with Gasteiger partial charge < -0.3 is 0 Å². The van der Waals surface area contributed by atoms with E-state index in [2.05, 4.69) is 5.82 Å². The molecule has 0 aromatic carbocycles. The van der Waals surface area contributed by atoms with Gasteiger partial charge >= 0.3 is 79.7 Å². The van der Waals surface area contributed by atoms with Gasteiger partial charge in [-0.05, 0) is 0 Å². The first-order valence-corrected chi connectivity index (χ1v) is 6.95. The van der Waals surface area contributed by atoms with Crippen molar-refractivity contribution in [2.45, 2.75) is 43.6 Å². The molecule has 0 aliphatic carbocycles. The van der Waals surface area contributed by atoms with Gasteiger partial charge in [0.15, 0.2) is 0 Å². The zero-order valence-electron chi connectivity index (χ0n) is 8.28. The van der Waals surface area contributed by atoms with Crippen molar-refractivity contribution in [3.8, 4) is 0 Å². The number of carbonyl (C=O) groups is 1. The van der Waals surface area contributed by atoms with Crippen LogP contribution in [-0.4, -0.2) is 33.1 Å². The Balaban J connectivity index is 0. The van der Waals surface area contributed by atoms with E-state index in [1.165, 1.54) is 0 Å². The Morgan fingerprint density at radius 1 is 1.54 bits per heavy atom. The number of rotatable bonds is 5. The number of hydrogen-bond donors (Lipinski definition) is 1. The molecule has 80 valence electrons. The zero-order chi connectivity index (χ0) is 9.56. The van der Waals surface area contributed by atoms with Gasteiger partial charge in [-0.1, -0.05) is 0 Å². The van der Waals surface area contributed by atoms with E-state index in [1.807, 2.05) is 13.8 Å². The molecule has 3 nitrogen and oxygen atoms in total. The van der Waals surface area contributed by atoms with Crippen LogP contribution in [0.1, 0.15) is 20.3 Å². The minimum absolute atomic E-state index is 0. The molecule has 0 aromatic heterocycles. The van der Waals surface area contributed by atoms with Crippen molar-refractivity contribution in [2.75, 3.05) is 0 Å². The molecule has 0 rings (SSSR count). The second kappa shape index (κ2) is 8.82. The zero-order valence-corrected chi connectivity index (χ0v) is 10.8. The third-order valence-corrected chi connectivity index (χ3v) is 2.64. The van der Waals surface area contributed by atoms with E-state index in [-0.39, 0.29) is 24.5 Å². The van der Waals surface area contributed by atoms with Gasteiger partial charge in [-0.3, -0.25) is 0 Å². The van der Waals surface area contributed by atoms with Crippen molar-refractivity contribution in [2.24, 2.45) is 5.73 Å². The maximum atomic E-state index is 11.1. The molecule has 0 aromatic rings. The third kappa shape index (κ3) is 8.57. The number of hydrogen-bond acceptors (Lipinski definition) is 3. The second-order valence-electron chi connectivity index (χ2n) is 2.87. The summed E-state index contributed by atoms with van der Waals surface area (Å²) >= 11 is 0.593. The largest absolute Gasteiger partial charge is 0.147 e. The maximum Gasteiger partial charge on any atom is -0.147 e. The molecule has 0 aliphatic rings. The number of ether oxygens (including phenoxy) is 1. The topological polar surface area (TPSA) is 52.3 Å². The minimum atomic E-state index is -0.422. The standard InChI is InChI=1S/C8H17NO2Se.ClH/c1-6(2)11-8(10)7(9)4-5-12-3;/h6-7H,4-5,9H2,1-3H3;1H/t7-;/m0./s1. The fraction of sp³-hybridized carbons (Fsp3) is 0.875. The van der Waals surface area contributed by atoms with Gasteiger partial charge in [0, 0.05) is 0 Å². The van der Waals surface area contributed by atoms with E-state index >= 15 is 0 Å². The Kier molecular flexibility index (Phi) is 10.7. The average Bonchev–Trinajstić information content (AvgIpc) is 1.98. The number of esters is 1. The summed E-state index contributed by atoms with van der Waals surface area (Å²) in [6.45, 7) is 3.66. The van der Waals surface area contributed by atoms with Crippen molar-refractivity contribution in [3.63, 3.8) is 0 Å². The Morgan fingerprint density at radius 3 is 2.46 bits per heavy atom. The van der Waals surface area contributed by atoms with Crippen LogP contribution < -0.4 is 5.73 Å². The van der Waals surface area contributed by atoms with Gasteiger partial charge in [0.25, 0.3) is 0 Å². The molecular weight excluding hydrogens is 257 g/mol. The smallest absolute Gasteiger partial charge is 0.147 e. The van der Waals surface area contributed by atoms with Crippen LogP contribution in [0.5, 0.6) is 0 Å². The molecule has 0 saturated heterocycles. The van der Waals surface area contributed by atoms with E-state index in [4.69, 9.17) is 10.5 Å². The predicted octanol–water partition coefficient (Wildman–Crippen LogP) is 1.25. The molecule has 0 unspecified atom stereocenters. The Hall–Kier alpha value is 0.239. The summed E-state index contributed by atoms with van der Waals surface area (Å²) in [6.07, 6.45) is 0.692. The van der Waals surface area contributed by atoms with Crippen LogP contribution in [0, 0.1) is 0 Å². The quantitative estimate of drug-likeness (QED) is 0.606. The Morgan fingerprint density at radius 2 is 2.08 bits per heavy atom. The molecule has 1 atom stereocenters. The van der Waals surface area contributed by atoms with Crippen LogP contribution in [0.25, 0.3) is 0 Å². The van der Waals surface area contributed by atoms with Gasteiger partial charge in [-0.25, -0.2) is 0 Å². The summed E-state index contributed by atoms with van der Waals surface area (Å²) in [5, 5.41) is 1.04. The molecule has 0 fully saturated rings. The second-order valence-corrected chi connectivity index (χ2v) is 4.94. The van der Waals surface area contributed by atoms with Crippen LogP contribution >= 0.6 is 12.4 Å². The molecule has 0 heterocycles. The molecule has 0 bridgehead atoms. The summed E-state index contributed by atoms with van der Waals surface area (Å²) in [5.74, 6) is 1.86. The summed E-state index contributed by atoms with van der Waals surface area (Å²) in [6, 6.07) is -0.422. The summed E-state index contributed by atoms with van der Waals surface area (Å²) in [7, 11) is 0. The van der Waals surface area contributed by atoms with Gasteiger partial charge in [0.2, 0.25) is 0 Å². The van der Waals surface area contributed by atoms with Gasteiger partial charge in [0.1, 0.15) is 0 Å². The van der Waals surface area contributed by atoms with Crippen molar-refractivity contribution >= 4 is 33.3 Å². The minimum Gasteiger partial charge on any atom is -0.147 e. The van der Waals surface area contributed by atoms with Crippen LogP contribution in [0.4, 0.5) is 0 Å². The van der Waals surface area contributed by atoms with Crippen molar-refractivity contribution in [1.29, 1.82) is 0 Å². The summed E-state index contributed by atoms with van der Waals surface area (Å²) in [5.41, 5.74) is 5.59. The molecule has 13 heavy (non-hydrogen) atoms. The summed E-state index contributed by atoms with van der Waals surface area (Å²) in [4.78, 5) is 11.1. The van der Waals surface area contributed by atoms with Crippen LogP contribution in [0.15, 0.2) is 0 Å². The monoisotopic (exact) mass is 275 g/mol. The van der Waals surface area contributed by atoms with E-state index in [0.29, 0.717) is 15.0 Å². The molecular formula is C8H18ClNO2Se. The molecule has 0 spiro atoms. The third-order valence-electron chi connectivity index (χ3n) is 1.29. The fourth-order valence-electron chi connectivity index (χ4n) is 0.682. The van der Waals surface area contributed by atoms with Crippen LogP contribution in [0.3, 0.4) is 0 Å². The number of halogens is 1. The normalized spacial score (nSPS) is 12.1. The molecule has 0 amide bonds. The van der Waals surface area contributed by atoms with E-state index in [9.17, 15) is 4.79 Å². The van der Waals surface area contributed by atoms with Gasteiger partial charge in [0.05, 0.1) is 0 Å². The van der Waals surface area contributed by atoms with Crippen LogP contribution in [0.2, 0.25) is 11.1 Å². The first-order chi connectivity index (χ1) is 5.57. The number of carbonyl (C=O) groups excluding carboxylic acids is 1. The van der Waals surface area contributed by atoms with E-state index in [1.54, 1.807) is 0 Å². The van der Waals surface area contributed by atoms with Crippen LogP contribution in [-0.2, 0) is 9.53 Å². The maximum absolute atomic E-state index is 11.1. The van der Waals surface area contributed by atoms with Crippen molar-refractivity contribution in [1.82, 2.24) is 0 Å². The Labute approximate surface area is 92.3 Å². The van der Waals surface area contributed by atoms with E-state index in [0.717, 1.165) is 11.7 Å². The van der Waals surface area contributed by atoms with Gasteiger partial charge in [-0.2, -0.15) is 0 Å². The van der Waals surface area contributed by atoms with Crippen molar-refractivity contribution < 1.29 is 9.53 Å². The predicted molar refractivity (Wildman–Crippen MR) is 57.5 cm³/mol. The Bertz CT molecular complexity index is 144. The van der Waals surface area contributed by atoms with Crippen molar-refractivity contribution in [3.05, 3.63) is 0 Å². The number of nitrogens with two attached hydrogens (primary N) is 1. The molecule has 2 N–H and O–H groups in total. The molecule has 0 aliphatic heterocycles. The summed E-state index contributed by atoms with van der Waals surface area (Å²) < 4.78 is 4.95. The van der Waals surface area contributed by atoms with E-state index < -0.39 is 6.04 Å². The first-order valence-electron chi connectivity index (χ1n) is 4.03. The molecule has 5 heteroatoms. The average molecular weight is 275 g/mol. The first kappa shape index (κ1) is 15.7. The SMILES string of the molecule is C[Se]CC[C@H](N)C(=O)OC(C)C.Cl. The van der Waals surface area contributed by atoms with Gasteiger partial charge in [-0.15, -0.1) is 12.4 Å². The molecule has 0 radical (unpaired) electrons. The fourth-order valence-corrected chi connectivity index (χ4v) is 1.71.